The molecule has 1 aromatic rings. The van der Waals surface area contributed by atoms with E-state index in [1.165, 1.54) is 22.9 Å². The summed E-state index contributed by atoms with van der Waals surface area (Å²) in [6.45, 7) is 3.24. The Kier molecular flexibility index (Phi) is 5.03. The van der Waals surface area contributed by atoms with Crippen LogP contribution in [-0.4, -0.2) is 19.8 Å². The molecular weight excluding hydrogens is 298 g/mol. The minimum atomic E-state index is 0.312. The van der Waals surface area contributed by atoms with Crippen molar-refractivity contribution in [1.82, 2.24) is 5.32 Å². The summed E-state index contributed by atoms with van der Waals surface area (Å²) in [6, 6.07) is 0.327. The molecule has 1 aromatic heterocycles. The van der Waals surface area contributed by atoms with E-state index >= 15 is 0 Å². The van der Waals surface area contributed by atoms with Gasteiger partial charge < -0.3 is 10.1 Å². The van der Waals surface area contributed by atoms with E-state index in [1.807, 2.05) is 7.11 Å². The summed E-state index contributed by atoms with van der Waals surface area (Å²) in [5, 5.41) is 8.01. The average Bonchev–Trinajstić information content (AvgIpc) is 3.07. The molecule has 17 heavy (non-hydrogen) atoms. The molecule has 0 spiro atoms. The summed E-state index contributed by atoms with van der Waals surface area (Å²) in [5.41, 5.74) is 1.35. The van der Waals surface area contributed by atoms with Crippen molar-refractivity contribution in [3.05, 3.63) is 20.8 Å². The number of methoxy groups -OCH3 is 1. The molecule has 2 unspecified atom stereocenters. The maximum Gasteiger partial charge on any atom is 0.0794 e. The maximum absolute atomic E-state index is 5.73. The standard InChI is InChI=1S/C13H20BrNOS/c1-3-6-15-12(10-7-17-8-11(10)14)13(16-2)9-4-5-9/h7-9,12-13,15H,3-6H2,1-2H3. The van der Waals surface area contributed by atoms with Gasteiger partial charge in [0.25, 0.3) is 0 Å². The lowest BCUT2D eigenvalue weighted by molar-refractivity contribution is 0.0506. The lowest BCUT2D eigenvalue weighted by Crippen LogP contribution is -2.35. The minimum Gasteiger partial charge on any atom is -0.379 e. The molecule has 0 bridgehead atoms. The third-order valence-corrected chi connectivity index (χ3v) is 5.03. The van der Waals surface area contributed by atoms with Crippen LogP contribution in [0.4, 0.5) is 0 Å². The van der Waals surface area contributed by atoms with Crippen molar-refractivity contribution in [2.75, 3.05) is 13.7 Å². The molecule has 1 aliphatic carbocycles. The van der Waals surface area contributed by atoms with Crippen LogP contribution >= 0.6 is 27.3 Å². The first kappa shape index (κ1) is 13.5. The zero-order valence-corrected chi connectivity index (χ0v) is 12.8. The number of ether oxygens (including phenoxy) is 1. The summed E-state index contributed by atoms with van der Waals surface area (Å²) < 4.78 is 6.94. The number of rotatable bonds is 7. The minimum absolute atomic E-state index is 0.312. The normalized spacial score (nSPS) is 19.2. The zero-order valence-electron chi connectivity index (χ0n) is 10.4. The highest BCUT2D eigenvalue weighted by atomic mass is 79.9. The molecule has 2 nitrogen and oxygen atoms in total. The summed E-state index contributed by atoms with van der Waals surface area (Å²) >= 11 is 5.39. The Balaban J connectivity index is 2.14. The van der Waals surface area contributed by atoms with Gasteiger partial charge in [-0.3, -0.25) is 0 Å². The van der Waals surface area contributed by atoms with Crippen LogP contribution in [0.5, 0.6) is 0 Å². The molecule has 2 rings (SSSR count). The number of hydrogen-bond donors (Lipinski definition) is 1. The van der Waals surface area contributed by atoms with E-state index in [1.54, 1.807) is 11.3 Å². The second-order valence-electron chi connectivity index (χ2n) is 4.64. The van der Waals surface area contributed by atoms with Crippen molar-refractivity contribution >= 4 is 27.3 Å². The van der Waals surface area contributed by atoms with Crippen molar-refractivity contribution in [3.8, 4) is 0 Å². The van der Waals surface area contributed by atoms with E-state index in [-0.39, 0.29) is 0 Å². The van der Waals surface area contributed by atoms with Crippen LogP contribution in [0.25, 0.3) is 0 Å². The van der Waals surface area contributed by atoms with Gasteiger partial charge in [-0.15, -0.1) is 0 Å². The van der Waals surface area contributed by atoms with Gasteiger partial charge in [0.05, 0.1) is 12.1 Å². The van der Waals surface area contributed by atoms with Crippen LogP contribution in [0.1, 0.15) is 37.8 Å². The Labute approximate surface area is 116 Å². The van der Waals surface area contributed by atoms with Gasteiger partial charge in [-0.25, -0.2) is 0 Å². The number of halogens is 1. The van der Waals surface area contributed by atoms with Gasteiger partial charge >= 0.3 is 0 Å². The summed E-state index contributed by atoms with van der Waals surface area (Å²) in [7, 11) is 1.84. The highest BCUT2D eigenvalue weighted by Crippen LogP contribution is 2.41. The van der Waals surface area contributed by atoms with Crippen molar-refractivity contribution in [3.63, 3.8) is 0 Å². The molecule has 0 radical (unpaired) electrons. The second kappa shape index (κ2) is 6.32. The molecule has 1 heterocycles. The molecule has 4 heteroatoms. The van der Waals surface area contributed by atoms with Crippen LogP contribution in [0.3, 0.4) is 0 Å². The predicted molar refractivity (Wildman–Crippen MR) is 76.6 cm³/mol. The van der Waals surface area contributed by atoms with Crippen LogP contribution < -0.4 is 5.32 Å². The molecule has 0 saturated heterocycles. The number of thiophene rings is 1. The molecule has 96 valence electrons. The maximum atomic E-state index is 5.73. The van der Waals surface area contributed by atoms with Crippen LogP contribution in [0.15, 0.2) is 15.2 Å². The summed E-state index contributed by atoms with van der Waals surface area (Å²) in [6.07, 6.45) is 4.08. The van der Waals surface area contributed by atoms with E-state index in [0.717, 1.165) is 18.9 Å². The highest BCUT2D eigenvalue weighted by Gasteiger charge is 2.38. The largest absolute Gasteiger partial charge is 0.379 e. The molecule has 1 fully saturated rings. The van der Waals surface area contributed by atoms with Gasteiger partial charge in [0.1, 0.15) is 0 Å². The van der Waals surface area contributed by atoms with Crippen LogP contribution in [0.2, 0.25) is 0 Å². The fraction of sp³-hybridized carbons (Fsp3) is 0.692. The first-order valence-corrected chi connectivity index (χ1v) is 7.99. The van der Waals surface area contributed by atoms with Crippen molar-refractivity contribution in [1.29, 1.82) is 0 Å². The Hall–Kier alpha value is 0.1000. The lowest BCUT2D eigenvalue weighted by atomic mass is 10.0. The molecular formula is C13H20BrNOS. The topological polar surface area (TPSA) is 21.3 Å². The van der Waals surface area contributed by atoms with E-state index in [2.05, 4.69) is 38.9 Å². The Bertz CT molecular complexity index is 351. The Morgan fingerprint density at radius 3 is 2.76 bits per heavy atom. The van der Waals surface area contributed by atoms with Gasteiger partial charge in [0.15, 0.2) is 0 Å². The fourth-order valence-electron chi connectivity index (χ4n) is 2.24. The molecule has 2 atom stereocenters. The lowest BCUT2D eigenvalue weighted by Gasteiger charge is -2.27. The number of nitrogens with one attached hydrogen (secondary N) is 1. The van der Waals surface area contributed by atoms with E-state index in [4.69, 9.17) is 4.74 Å². The first-order chi connectivity index (χ1) is 8.27. The van der Waals surface area contributed by atoms with E-state index < -0.39 is 0 Å². The van der Waals surface area contributed by atoms with Gasteiger partial charge in [-0.1, -0.05) is 6.92 Å². The third kappa shape index (κ3) is 3.31. The van der Waals surface area contributed by atoms with Crippen molar-refractivity contribution < 1.29 is 4.74 Å². The summed E-state index contributed by atoms with van der Waals surface area (Å²) in [4.78, 5) is 0. The van der Waals surface area contributed by atoms with Gasteiger partial charge in [-0.2, -0.15) is 11.3 Å². The first-order valence-electron chi connectivity index (χ1n) is 6.25. The Morgan fingerprint density at radius 2 is 2.29 bits per heavy atom. The molecule has 0 amide bonds. The second-order valence-corrected chi connectivity index (χ2v) is 6.24. The van der Waals surface area contributed by atoms with E-state index in [9.17, 15) is 0 Å². The predicted octanol–water partition coefficient (Wildman–Crippen LogP) is 3.98. The SMILES string of the molecule is CCCNC(c1cscc1Br)C(OC)C1CC1. The third-order valence-electron chi connectivity index (χ3n) is 3.28. The quantitative estimate of drug-likeness (QED) is 0.821. The van der Waals surface area contributed by atoms with Gasteiger partial charge in [0.2, 0.25) is 0 Å². The smallest absolute Gasteiger partial charge is 0.0794 e. The summed E-state index contributed by atoms with van der Waals surface area (Å²) in [5.74, 6) is 0.737. The molecule has 1 N–H and O–H groups in total. The average molecular weight is 318 g/mol. The fourth-order valence-corrected chi connectivity index (χ4v) is 3.82. The van der Waals surface area contributed by atoms with Crippen molar-refractivity contribution in [2.24, 2.45) is 5.92 Å². The molecule has 0 aromatic carbocycles. The van der Waals surface area contributed by atoms with Gasteiger partial charge in [0, 0.05) is 17.0 Å². The van der Waals surface area contributed by atoms with Crippen molar-refractivity contribution in [2.45, 2.75) is 38.3 Å². The Morgan fingerprint density at radius 1 is 1.53 bits per heavy atom. The highest BCUT2D eigenvalue weighted by molar-refractivity contribution is 9.10. The zero-order chi connectivity index (χ0) is 12.3. The van der Waals surface area contributed by atoms with Gasteiger partial charge in [-0.05, 0) is 58.6 Å². The molecule has 1 aliphatic rings. The van der Waals surface area contributed by atoms with Crippen LogP contribution in [-0.2, 0) is 4.74 Å². The monoisotopic (exact) mass is 317 g/mol. The number of hydrogen-bond acceptors (Lipinski definition) is 3. The molecule has 1 saturated carbocycles. The van der Waals surface area contributed by atoms with Crippen LogP contribution in [0, 0.1) is 5.92 Å². The molecule has 0 aliphatic heterocycles. The van der Waals surface area contributed by atoms with E-state index in [0.29, 0.717) is 12.1 Å².